The predicted molar refractivity (Wildman–Crippen MR) is 87.5 cm³/mol. The Bertz CT molecular complexity index is 698. The summed E-state index contributed by atoms with van der Waals surface area (Å²) in [6.07, 6.45) is 0.159. The summed E-state index contributed by atoms with van der Waals surface area (Å²) in [6, 6.07) is 6.71. The van der Waals surface area contributed by atoms with E-state index in [0.717, 1.165) is 0 Å². The van der Waals surface area contributed by atoms with E-state index in [-0.39, 0.29) is 35.9 Å². The number of anilines is 1. The fourth-order valence-electron chi connectivity index (χ4n) is 2.61. The van der Waals surface area contributed by atoms with Gasteiger partial charge in [0.1, 0.15) is 0 Å². The van der Waals surface area contributed by atoms with Crippen molar-refractivity contribution in [2.75, 3.05) is 17.2 Å². The fraction of sp³-hybridized carbons (Fsp3) is 0.467. The van der Waals surface area contributed by atoms with Crippen molar-refractivity contribution in [3.8, 4) is 0 Å². The zero-order valence-corrected chi connectivity index (χ0v) is 14.0. The van der Waals surface area contributed by atoms with Crippen LogP contribution in [0, 0.1) is 5.92 Å². The SMILES string of the molecule is CC(C)NC(=O)c1ccc(N2CC(CS(N)(=O)=O)CC2=O)cc1. The van der Waals surface area contributed by atoms with Gasteiger partial charge in [0, 0.05) is 36.2 Å². The van der Waals surface area contributed by atoms with Crippen LogP contribution in [0.1, 0.15) is 30.6 Å². The standard InChI is InChI=1S/C15H21N3O4S/c1-10(2)17-15(20)12-3-5-13(6-4-12)18-8-11(7-14(18)19)9-23(16,21)22/h3-6,10-11H,7-9H2,1-2H3,(H,17,20)(H2,16,21,22). The van der Waals surface area contributed by atoms with Gasteiger partial charge >= 0.3 is 0 Å². The van der Waals surface area contributed by atoms with Crippen molar-refractivity contribution in [2.24, 2.45) is 11.1 Å². The normalized spacial score (nSPS) is 18.5. The van der Waals surface area contributed by atoms with Gasteiger partial charge in [0.15, 0.2) is 0 Å². The number of benzene rings is 1. The summed E-state index contributed by atoms with van der Waals surface area (Å²) < 4.78 is 22.3. The Hall–Kier alpha value is -1.93. The maximum absolute atomic E-state index is 12.0. The number of nitrogens with two attached hydrogens (primary N) is 1. The quantitative estimate of drug-likeness (QED) is 0.812. The summed E-state index contributed by atoms with van der Waals surface area (Å²) in [5, 5.41) is 7.83. The van der Waals surface area contributed by atoms with E-state index in [9.17, 15) is 18.0 Å². The van der Waals surface area contributed by atoms with Crippen LogP contribution in [0.2, 0.25) is 0 Å². The van der Waals surface area contributed by atoms with Crippen LogP contribution >= 0.6 is 0 Å². The van der Waals surface area contributed by atoms with E-state index in [0.29, 0.717) is 17.8 Å². The van der Waals surface area contributed by atoms with Gasteiger partial charge in [-0.05, 0) is 38.1 Å². The lowest BCUT2D eigenvalue weighted by molar-refractivity contribution is -0.117. The van der Waals surface area contributed by atoms with Crippen molar-refractivity contribution in [2.45, 2.75) is 26.3 Å². The fourth-order valence-corrected chi connectivity index (χ4v) is 3.49. The number of hydrogen-bond donors (Lipinski definition) is 2. The highest BCUT2D eigenvalue weighted by atomic mass is 32.2. The largest absolute Gasteiger partial charge is 0.350 e. The summed E-state index contributed by atoms with van der Waals surface area (Å²) in [5.41, 5.74) is 1.16. The molecule has 1 saturated heterocycles. The molecular weight excluding hydrogens is 318 g/mol. The number of carbonyl (C=O) groups excluding carboxylic acids is 2. The van der Waals surface area contributed by atoms with Gasteiger partial charge in [-0.3, -0.25) is 9.59 Å². The molecule has 8 heteroatoms. The molecule has 3 N–H and O–H groups in total. The predicted octanol–water partition coefficient (Wildman–Crippen LogP) is 0.466. The van der Waals surface area contributed by atoms with Crippen LogP contribution in [0.15, 0.2) is 24.3 Å². The van der Waals surface area contributed by atoms with E-state index in [1.165, 1.54) is 4.90 Å². The topological polar surface area (TPSA) is 110 Å². The third-order valence-electron chi connectivity index (χ3n) is 3.53. The van der Waals surface area contributed by atoms with Gasteiger partial charge in [0.2, 0.25) is 15.9 Å². The maximum atomic E-state index is 12.0. The van der Waals surface area contributed by atoms with Gasteiger partial charge in [-0.25, -0.2) is 13.6 Å². The van der Waals surface area contributed by atoms with Gasteiger partial charge in [-0.1, -0.05) is 0 Å². The Morgan fingerprint density at radius 2 is 1.96 bits per heavy atom. The number of nitrogens with zero attached hydrogens (tertiary/aromatic N) is 1. The number of carbonyl (C=O) groups is 2. The lowest BCUT2D eigenvalue weighted by Crippen LogP contribution is -2.30. The molecule has 2 rings (SSSR count). The maximum Gasteiger partial charge on any atom is 0.251 e. The number of rotatable bonds is 5. The molecule has 1 aromatic rings. The summed E-state index contributed by atoms with van der Waals surface area (Å²) in [4.78, 5) is 25.5. The molecule has 2 amide bonds. The Kier molecular flexibility index (Phi) is 5.06. The average Bonchev–Trinajstić information content (AvgIpc) is 2.76. The molecule has 1 fully saturated rings. The number of nitrogens with one attached hydrogen (secondary N) is 1. The highest BCUT2D eigenvalue weighted by molar-refractivity contribution is 7.89. The molecule has 0 spiro atoms. The first-order valence-corrected chi connectivity index (χ1v) is 9.09. The van der Waals surface area contributed by atoms with E-state index in [2.05, 4.69) is 5.32 Å². The van der Waals surface area contributed by atoms with Crippen LogP contribution in [-0.4, -0.2) is 38.6 Å². The summed E-state index contributed by atoms with van der Waals surface area (Å²) in [7, 11) is -3.60. The Labute approximate surface area is 135 Å². The Balaban J connectivity index is 2.08. The number of hydrogen-bond acceptors (Lipinski definition) is 4. The second-order valence-electron chi connectivity index (χ2n) is 6.08. The van der Waals surface area contributed by atoms with E-state index in [1.54, 1.807) is 24.3 Å². The molecule has 1 heterocycles. The molecule has 1 aliphatic heterocycles. The highest BCUT2D eigenvalue weighted by Crippen LogP contribution is 2.26. The molecule has 7 nitrogen and oxygen atoms in total. The molecule has 0 bridgehead atoms. The molecular formula is C15H21N3O4S. The lowest BCUT2D eigenvalue weighted by atomic mass is 10.1. The minimum Gasteiger partial charge on any atom is -0.350 e. The van der Waals surface area contributed by atoms with E-state index in [1.807, 2.05) is 13.8 Å². The smallest absolute Gasteiger partial charge is 0.251 e. The summed E-state index contributed by atoms with van der Waals surface area (Å²) >= 11 is 0. The molecule has 1 unspecified atom stereocenters. The number of amides is 2. The van der Waals surface area contributed by atoms with Crippen LogP contribution in [0.3, 0.4) is 0 Å². The van der Waals surface area contributed by atoms with Crippen molar-refractivity contribution in [1.82, 2.24) is 5.32 Å². The lowest BCUT2D eigenvalue weighted by Gasteiger charge is -2.17. The van der Waals surface area contributed by atoms with Crippen LogP contribution in [0.4, 0.5) is 5.69 Å². The molecule has 1 aromatic carbocycles. The number of primary sulfonamides is 1. The Morgan fingerprint density at radius 1 is 1.35 bits per heavy atom. The molecule has 0 aromatic heterocycles. The second kappa shape index (κ2) is 6.67. The van der Waals surface area contributed by atoms with Gasteiger partial charge in [0.05, 0.1) is 5.75 Å². The second-order valence-corrected chi connectivity index (χ2v) is 7.74. The zero-order chi connectivity index (χ0) is 17.2. The third kappa shape index (κ3) is 4.77. The van der Waals surface area contributed by atoms with Crippen molar-refractivity contribution in [3.05, 3.63) is 29.8 Å². The molecule has 0 saturated carbocycles. The van der Waals surface area contributed by atoms with Crippen molar-refractivity contribution in [3.63, 3.8) is 0 Å². The first kappa shape index (κ1) is 17.4. The monoisotopic (exact) mass is 339 g/mol. The van der Waals surface area contributed by atoms with Crippen LogP contribution in [0.25, 0.3) is 0 Å². The third-order valence-corrected chi connectivity index (χ3v) is 4.47. The van der Waals surface area contributed by atoms with E-state index in [4.69, 9.17) is 5.14 Å². The van der Waals surface area contributed by atoms with Crippen LogP contribution < -0.4 is 15.4 Å². The molecule has 1 aliphatic rings. The molecule has 0 aliphatic carbocycles. The molecule has 23 heavy (non-hydrogen) atoms. The van der Waals surface area contributed by atoms with Crippen LogP contribution in [-0.2, 0) is 14.8 Å². The first-order valence-electron chi connectivity index (χ1n) is 7.37. The van der Waals surface area contributed by atoms with Crippen molar-refractivity contribution < 1.29 is 18.0 Å². The summed E-state index contributed by atoms with van der Waals surface area (Å²) in [5.74, 6) is -0.824. The summed E-state index contributed by atoms with van der Waals surface area (Å²) in [6.45, 7) is 4.06. The first-order chi connectivity index (χ1) is 10.7. The molecule has 126 valence electrons. The van der Waals surface area contributed by atoms with Crippen LogP contribution in [0.5, 0.6) is 0 Å². The molecule has 1 atom stereocenters. The van der Waals surface area contributed by atoms with Gasteiger partial charge in [0.25, 0.3) is 5.91 Å². The Morgan fingerprint density at radius 3 is 2.48 bits per heavy atom. The van der Waals surface area contributed by atoms with Crippen molar-refractivity contribution in [1.29, 1.82) is 0 Å². The van der Waals surface area contributed by atoms with E-state index < -0.39 is 10.0 Å². The number of sulfonamides is 1. The van der Waals surface area contributed by atoms with Gasteiger partial charge in [-0.2, -0.15) is 0 Å². The van der Waals surface area contributed by atoms with Gasteiger partial charge < -0.3 is 10.2 Å². The minimum absolute atomic E-state index is 0.0429. The minimum atomic E-state index is -3.60. The van der Waals surface area contributed by atoms with Crippen molar-refractivity contribution >= 4 is 27.5 Å². The average molecular weight is 339 g/mol. The highest BCUT2D eigenvalue weighted by Gasteiger charge is 2.32. The van der Waals surface area contributed by atoms with Gasteiger partial charge in [-0.15, -0.1) is 0 Å². The van der Waals surface area contributed by atoms with E-state index >= 15 is 0 Å². The molecule has 0 radical (unpaired) electrons. The zero-order valence-electron chi connectivity index (χ0n) is 13.2.